The van der Waals surface area contributed by atoms with E-state index in [1.165, 1.54) is 4.90 Å². The number of nitrogens with one attached hydrogen (secondary N) is 2. The summed E-state index contributed by atoms with van der Waals surface area (Å²) in [6, 6.07) is 7.64. The molecule has 0 saturated carbocycles. The summed E-state index contributed by atoms with van der Waals surface area (Å²) in [7, 11) is 0. The third kappa shape index (κ3) is 3.06. The number of amides is 2. The van der Waals surface area contributed by atoms with Gasteiger partial charge in [0.2, 0.25) is 5.91 Å². The quantitative estimate of drug-likeness (QED) is 0.857. The van der Waals surface area contributed by atoms with Crippen LogP contribution in [-0.2, 0) is 9.59 Å². The van der Waals surface area contributed by atoms with Crippen LogP contribution >= 0.6 is 0 Å². The van der Waals surface area contributed by atoms with Gasteiger partial charge in [0, 0.05) is 12.6 Å². The maximum Gasteiger partial charge on any atom is 0.268 e. The molecule has 3 rings (SSSR count). The lowest BCUT2D eigenvalue weighted by atomic mass is 10.2. The molecule has 2 heterocycles. The molecule has 0 bridgehead atoms. The molecule has 2 N–H and O–H groups in total. The molecule has 0 aliphatic carbocycles. The lowest BCUT2D eigenvalue weighted by molar-refractivity contribution is -0.128. The molecule has 1 saturated heterocycles. The molecule has 0 spiro atoms. The highest BCUT2D eigenvalue weighted by atomic mass is 16.5. The Morgan fingerprint density at radius 3 is 3.05 bits per heavy atom. The summed E-state index contributed by atoms with van der Waals surface area (Å²) in [6.07, 6.45) is 1.66. The van der Waals surface area contributed by atoms with E-state index in [1.807, 2.05) is 18.2 Å². The van der Waals surface area contributed by atoms with Crippen LogP contribution < -0.4 is 20.3 Å². The molecule has 2 amide bonds. The maximum absolute atomic E-state index is 12.3. The van der Waals surface area contributed by atoms with Crippen molar-refractivity contribution in [3.05, 3.63) is 24.3 Å². The van der Waals surface area contributed by atoms with Crippen LogP contribution in [0.5, 0.6) is 5.75 Å². The zero-order chi connectivity index (χ0) is 15.5. The fourth-order valence-corrected chi connectivity index (χ4v) is 2.89. The molecule has 6 heteroatoms. The van der Waals surface area contributed by atoms with Crippen LogP contribution in [0, 0.1) is 0 Å². The van der Waals surface area contributed by atoms with E-state index in [2.05, 4.69) is 10.6 Å². The fourth-order valence-electron chi connectivity index (χ4n) is 2.89. The molecule has 1 aromatic carbocycles. The summed E-state index contributed by atoms with van der Waals surface area (Å²) >= 11 is 0. The summed E-state index contributed by atoms with van der Waals surface area (Å²) in [5.74, 6) is 0.304. The Balaban J connectivity index is 1.65. The van der Waals surface area contributed by atoms with Crippen molar-refractivity contribution in [1.82, 2.24) is 10.6 Å². The molecule has 2 aliphatic heterocycles. The Morgan fingerprint density at radius 1 is 1.45 bits per heavy atom. The maximum atomic E-state index is 12.3. The first-order chi connectivity index (χ1) is 10.6. The van der Waals surface area contributed by atoms with Gasteiger partial charge in [-0.1, -0.05) is 12.1 Å². The van der Waals surface area contributed by atoms with Crippen LogP contribution in [0.4, 0.5) is 5.69 Å². The van der Waals surface area contributed by atoms with E-state index < -0.39 is 6.10 Å². The van der Waals surface area contributed by atoms with Gasteiger partial charge in [-0.25, -0.2) is 0 Å². The van der Waals surface area contributed by atoms with E-state index in [-0.39, 0.29) is 18.4 Å². The number of nitrogens with zero attached hydrogens (tertiary/aromatic N) is 1. The van der Waals surface area contributed by atoms with Gasteiger partial charge in [-0.3, -0.25) is 14.5 Å². The topological polar surface area (TPSA) is 70.7 Å². The molecule has 2 aliphatic rings. The third-order valence-corrected chi connectivity index (χ3v) is 4.08. The van der Waals surface area contributed by atoms with Crippen molar-refractivity contribution in [3.63, 3.8) is 0 Å². The number of ether oxygens (including phenoxy) is 1. The fraction of sp³-hybridized carbons (Fsp3) is 0.500. The predicted molar refractivity (Wildman–Crippen MR) is 82.9 cm³/mol. The Bertz CT molecular complexity index is 570. The third-order valence-electron chi connectivity index (χ3n) is 4.08. The lowest BCUT2D eigenvalue weighted by Gasteiger charge is -2.32. The van der Waals surface area contributed by atoms with E-state index in [4.69, 9.17) is 4.74 Å². The average molecular weight is 303 g/mol. The highest BCUT2D eigenvalue weighted by molar-refractivity contribution is 6.03. The number of carbonyl (C=O) groups excluding carboxylic acids is 2. The summed E-state index contributed by atoms with van der Waals surface area (Å²) in [6.45, 7) is 3.34. The van der Waals surface area contributed by atoms with Crippen LogP contribution in [0.1, 0.15) is 19.8 Å². The first-order valence-electron chi connectivity index (χ1n) is 7.72. The molecule has 6 nitrogen and oxygen atoms in total. The van der Waals surface area contributed by atoms with Crippen LogP contribution in [0.25, 0.3) is 0 Å². The molecule has 0 aromatic heterocycles. The Labute approximate surface area is 129 Å². The van der Waals surface area contributed by atoms with Crippen LogP contribution in [0.15, 0.2) is 24.3 Å². The summed E-state index contributed by atoms with van der Waals surface area (Å²) in [4.78, 5) is 25.9. The second-order valence-corrected chi connectivity index (χ2v) is 5.75. The van der Waals surface area contributed by atoms with Crippen molar-refractivity contribution < 1.29 is 14.3 Å². The molecule has 118 valence electrons. The summed E-state index contributed by atoms with van der Waals surface area (Å²) in [5.41, 5.74) is 0.653. The standard InChI is InChI=1S/C16H21N3O3/c1-11-16(21)19(13-6-2-3-7-14(13)22-11)10-15(20)18-9-12-5-4-8-17-12/h2-3,6-7,11-12,17H,4-5,8-10H2,1H3,(H,18,20). The molecule has 0 radical (unpaired) electrons. The normalized spacial score (nSPS) is 23.9. The van der Waals surface area contributed by atoms with E-state index in [0.29, 0.717) is 24.0 Å². The van der Waals surface area contributed by atoms with Gasteiger partial charge in [0.05, 0.1) is 5.69 Å². The minimum absolute atomic E-state index is 0.0241. The van der Waals surface area contributed by atoms with Gasteiger partial charge in [-0.15, -0.1) is 0 Å². The number of fused-ring (bicyclic) bond motifs is 1. The van der Waals surface area contributed by atoms with E-state index in [1.54, 1.807) is 13.0 Å². The number of rotatable bonds is 4. The second kappa shape index (κ2) is 6.36. The minimum Gasteiger partial charge on any atom is -0.479 e. The second-order valence-electron chi connectivity index (χ2n) is 5.75. The number of anilines is 1. The van der Waals surface area contributed by atoms with Crippen molar-refractivity contribution in [2.45, 2.75) is 31.9 Å². The zero-order valence-corrected chi connectivity index (χ0v) is 12.7. The molecule has 22 heavy (non-hydrogen) atoms. The minimum atomic E-state index is -0.570. The number of benzene rings is 1. The number of hydrogen-bond acceptors (Lipinski definition) is 4. The number of carbonyl (C=O) groups is 2. The zero-order valence-electron chi connectivity index (χ0n) is 12.7. The monoisotopic (exact) mass is 303 g/mol. The van der Waals surface area contributed by atoms with Crippen LogP contribution in [0.2, 0.25) is 0 Å². The Morgan fingerprint density at radius 2 is 2.27 bits per heavy atom. The van der Waals surface area contributed by atoms with E-state index in [9.17, 15) is 9.59 Å². The molecule has 1 fully saturated rings. The largest absolute Gasteiger partial charge is 0.479 e. The Hall–Kier alpha value is -2.08. The SMILES string of the molecule is CC1Oc2ccccc2N(CC(=O)NCC2CCCN2)C1=O. The van der Waals surface area contributed by atoms with Gasteiger partial charge < -0.3 is 15.4 Å². The molecule has 1 aromatic rings. The van der Waals surface area contributed by atoms with Crippen molar-refractivity contribution in [2.75, 3.05) is 24.5 Å². The van der Waals surface area contributed by atoms with Gasteiger partial charge in [-0.05, 0) is 38.4 Å². The number of hydrogen-bond donors (Lipinski definition) is 2. The van der Waals surface area contributed by atoms with Crippen molar-refractivity contribution in [3.8, 4) is 5.75 Å². The summed E-state index contributed by atoms with van der Waals surface area (Å²) in [5, 5.41) is 6.23. The summed E-state index contributed by atoms with van der Waals surface area (Å²) < 4.78 is 5.56. The van der Waals surface area contributed by atoms with Crippen molar-refractivity contribution >= 4 is 17.5 Å². The highest BCUT2D eigenvalue weighted by Crippen LogP contribution is 2.33. The lowest BCUT2D eigenvalue weighted by Crippen LogP contribution is -2.49. The molecule has 2 unspecified atom stereocenters. The van der Waals surface area contributed by atoms with Gasteiger partial charge in [0.1, 0.15) is 12.3 Å². The number of para-hydroxylation sites is 2. The molecular weight excluding hydrogens is 282 g/mol. The Kier molecular flexibility index (Phi) is 4.29. The molecule has 2 atom stereocenters. The van der Waals surface area contributed by atoms with Crippen LogP contribution in [0.3, 0.4) is 0 Å². The van der Waals surface area contributed by atoms with Crippen molar-refractivity contribution in [1.29, 1.82) is 0 Å². The average Bonchev–Trinajstić information content (AvgIpc) is 3.03. The van der Waals surface area contributed by atoms with Gasteiger partial charge >= 0.3 is 0 Å². The van der Waals surface area contributed by atoms with Gasteiger partial charge in [-0.2, -0.15) is 0 Å². The van der Waals surface area contributed by atoms with Crippen molar-refractivity contribution in [2.24, 2.45) is 0 Å². The first-order valence-corrected chi connectivity index (χ1v) is 7.72. The predicted octanol–water partition coefficient (Wildman–Crippen LogP) is 0.669. The van der Waals surface area contributed by atoms with Crippen LogP contribution in [-0.4, -0.2) is 43.6 Å². The van der Waals surface area contributed by atoms with E-state index >= 15 is 0 Å². The molecular formula is C16H21N3O3. The smallest absolute Gasteiger partial charge is 0.268 e. The van der Waals surface area contributed by atoms with Gasteiger partial charge in [0.25, 0.3) is 5.91 Å². The highest BCUT2D eigenvalue weighted by Gasteiger charge is 2.32. The van der Waals surface area contributed by atoms with Gasteiger partial charge in [0.15, 0.2) is 6.10 Å². The van der Waals surface area contributed by atoms with E-state index in [0.717, 1.165) is 19.4 Å². The first kappa shape index (κ1) is 14.8.